The third-order valence-electron chi connectivity index (χ3n) is 12.6. The Morgan fingerprint density at radius 2 is 0.839 bits per heavy atom. The lowest BCUT2D eigenvalue weighted by atomic mass is 9.67. The largest absolute Gasteiger partial charge is 0.456 e. The van der Waals surface area contributed by atoms with Gasteiger partial charge in [0.2, 0.25) is 0 Å². The summed E-state index contributed by atoms with van der Waals surface area (Å²) in [5.74, 6) is 0.695. The van der Waals surface area contributed by atoms with E-state index >= 15 is 0 Å². The average Bonchev–Trinajstić information content (AvgIpc) is 3.88. The van der Waals surface area contributed by atoms with Crippen molar-refractivity contribution in [2.75, 3.05) is 0 Å². The Hall–Kier alpha value is -8.14. The van der Waals surface area contributed by atoms with Crippen molar-refractivity contribution < 1.29 is 4.42 Å². The minimum absolute atomic E-state index is 0.501. The van der Waals surface area contributed by atoms with E-state index in [1.165, 1.54) is 38.9 Å². The standard InChI is InChI=1S/C59H38N2O/c1-4-15-43(16-5-1)58-60-53(42-33-31-40(32-34-42)39-27-29-41(30-28-39)44-35-36-56-50(37-44)47-21-11-13-26-55(47)62-56)38-54(61-58)49-23-14-25-52-57(49)48-22-10-12-24-51(48)59(52,45-17-6-2-7-18-45)46-19-8-3-9-20-46/h1-38H. The first-order valence-corrected chi connectivity index (χ1v) is 21.1. The molecule has 3 heteroatoms. The molecule has 290 valence electrons. The monoisotopic (exact) mass is 790 g/mol. The number of aromatic nitrogens is 2. The third kappa shape index (κ3) is 5.74. The molecule has 2 heterocycles. The SMILES string of the molecule is c1ccc(-c2nc(-c3ccc(-c4ccc(-c5ccc6oc7ccccc7c6c5)cc4)cc3)cc(-c3cccc4c3-c3ccccc3C4(c3ccccc3)c3ccccc3)n2)cc1. The van der Waals surface area contributed by atoms with Crippen molar-refractivity contribution in [3.8, 4) is 67.3 Å². The maximum atomic E-state index is 6.08. The molecule has 0 unspecified atom stereocenters. The summed E-state index contributed by atoms with van der Waals surface area (Å²) in [7, 11) is 0. The molecule has 0 saturated carbocycles. The first kappa shape index (κ1) is 35.8. The van der Waals surface area contributed by atoms with E-state index in [9.17, 15) is 0 Å². The van der Waals surface area contributed by atoms with Gasteiger partial charge in [-0.1, -0.05) is 206 Å². The second kappa shape index (κ2) is 14.5. The number of fused-ring (bicyclic) bond motifs is 6. The smallest absolute Gasteiger partial charge is 0.160 e. The van der Waals surface area contributed by atoms with E-state index in [1.807, 2.05) is 30.3 Å². The summed E-state index contributed by atoms with van der Waals surface area (Å²) in [6.45, 7) is 0. The van der Waals surface area contributed by atoms with Gasteiger partial charge >= 0.3 is 0 Å². The molecular formula is C59H38N2O. The molecule has 0 spiro atoms. The van der Waals surface area contributed by atoms with Crippen molar-refractivity contribution in [1.29, 1.82) is 0 Å². The first-order valence-electron chi connectivity index (χ1n) is 21.1. The number of nitrogens with zero attached hydrogens (tertiary/aromatic N) is 2. The highest BCUT2D eigenvalue weighted by atomic mass is 16.3. The molecule has 9 aromatic carbocycles. The van der Waals surface area contributed by atoms with Crippen LogP contribution in [0.2, 0.25) is 0 Å². The van der Waals surface area contributed by atoms with Crippen LogP contribution in [0, 0.1) is 0 Å². The van der Waals surface area contributed by atoms with E-state index in [4.69, 9.17) is 14.4 Å². The molecule has 0 bridgehead atoms. The summed E-state index contributed by atoms with van der Waals surface area (Å²) in [6, 6.07) is 82.2. The second-order valence-electron chi connectivity index (χ2n) is 16.0. The molecule has 0 radical (unpaired) electrons. The maximum Gasteiger partial charge on any atom is 0.160 e. The zero-order valence-corrected chi connectivity index (χ0v) is 33.7. The number of furan rings is 1. The minimum Gasteiger partial charge on any atom is -0.456 e. The highest BCUT2D eigenvalue weighted by Gasteiger charge is 2.46. The molecule has 0 fully saturated rings. The molecule has 11 aromatic rings. The van der Waals surface area contributed by atoms with Crippen LogP contribution in [0.5, 0.6) is 0 Å². The fraction of sp³-hybridized carbons (Fsp3) is 0.0169. The van der Waals surface area contributed by atoms with Gasteiger partial charge in [-0.15, -0.1) is 0 Å². The number of rotatable bonds is 7. The van der Waals surface area contributed by atoms with Gasteiger partial charge in [0.15, 0.2) is 5.82 Å². The summed E-state index contributed by atoms with van der Waals surface area (Å²) in [4.78, 5) is 10.6. The Morgan fingerprint density at radius 1 is 0.323 bits per heavy atom. The molecule has 3 nitrogen and oxygen atoms in total. The van der Waals surface area contributed by atoms with Crippen molar-refractivity contribution in [2.24, 2.45) is 0 Å². The normalized spacial score (nSPS) is 12.6. The third-order valence-corrected chi connectivity index (χ3v) is 12.6. The van der Waals surface area contributed by atoms with Crippen LogP contribution in [0.1, 0.15) is 22.3 Å². The van der Waals surface area contributed by atoms with Gasteiger partial charge in [0.05, 0.1) is 16.8 Å². The van der Waals surface area contributed by atoms with Crippen molar-refractivity contribution >= 4 is 21.9 Å². The van der Waals surface area contributed by atoms with Gasteiger partial charge in [-0.2, -0.15) is 0 Å². The van der Waals surface area contributed by atoms with Crippen molar-refractivity contribution in [1.82, 2.24) is 9.97 Å². The van der Waals surface area contributed by atoms with Crippen LogP contribution in [0.15, 0.2) is 235 Å². The number of hydrogen-bond donors (Lipinski definition) is 0. The summed E-state index contributed by atoms with van der Waals surface area (Å²) < 4.78 is 6.08. The van der Waals surface area contributed by atoms with Crippen LogP contribution in [0.4, 0.5) is 0 Å². The minimum atomic E-state index is -0.501. The van der Waals surface area contributed by atoms with Crippen molar-refractivity contribution in [3.05, 3.63) is 253 Å². The predicted molar refractivity (Wildman–Crippen MR) is 254 cm³/mol. The highest BCUT2D eigenvalue weighted by Crippen LogP contribution is 2.58. The van der Waals surface area contributed by atoms with E-state index < -0.39 is 5.41 Å². The Morgan fingerprint density at radius 3 is 1.55 bits per heavy atom. The Bertz CT molecular complexity index is 3390. The molecule has 0 atom stereocenters. The molecule has 1 aliphatic carbocycles. The van der Waals surface area contributed by atoms with Crippen molar-refractivity contribution in [3.63, 3.8) is 0 Å². The Balaban J connectivity index is 0.953. The first-order chi connectivity index (χ1) is 30.7. The zero-order chi connectivity index (χ0) is 41.0. The maximum absolute atomic E-state index is 6.08. The van der Waals surface area contributed by atoms with Gasteiger partial charge in [0.1, 0.15) is 11.2 Å². The fourth-order valence-corrected chi connectivity index (χ4v) is 9.75. The van der Waals surface area contributed by atoms with E-state index in [2.05, 4.69) is 200 Å². The topological polar surface area (TPSA) is 38.9 Å². The van der Waals surface area contributed by atoms with Gasteiger partial charge < -0.3 is 4.42 Å². The molecule has 62 heavy (non-hydrogen) atoms. The fourth-order valence-electron chi connectivity index (χ4n) is 9.75. The van der Waals surface area contributed by atoms with Crippen LogP contribution < -0.4 is 0 Å². The lowest BCUT2D eigenvalue weighted by Crippen LogP contribution is -2.28. The molecule has 0 saturated heterocycles. The molecule has 1 aliphatic rings. The molecule has 0 aliphatic heterocycles. The van der Waals surface area contributed by atoms with Gasteiger partial charge in [-0.05, 0) is 79.9 Å². The van der Waals surface area contributed by atoms with Gasteiger partial charge in [0.25, 0.3) is 0 Å². The van der Waals surface area contributed by atoms with Crippen molar-refractivity contribution in [2.45, 2.75) is 5.41 Å². The number of benzene rings is 9. The summed E-state index contributed by atoms with van der Waals surface area (Å²) in [5.41, 5.74) is 18.2. The zero-order valence-electron chi connectivity index (χ0n) is 33.7. The lowest BCUT2D eigenvalue weighted by Gasteiger charge is -2.33. The molecule has 0 N–H and O–H groups in total. The molecule has 0 amide bonds. The van der Waals surface area contributed by atoms with Gasteiger partial charge in [-0.25, -0.2) is 9.97 Å². The summed E-state index contributed by atoms with van der Waals surface area (Å²) >= 11 is 0. The number of hydrogen-bond acceptors (Lipinski definition) is 3. The number of para-hydroxylation sites is 1. The van der Waals surface area contributed by atoms with Crippen LogP contribution in [0.3, 0.4) is 0 Å². The van der Waals surface area contributed by atoms with Gasteiger partial charge in [-0.3, -0.25) is 0 Å². The summed E-state index contributed by atoms with van der Waals surface area (Å²) in [5, 5.41) is 2.27. The second-order valence-corrected chi connectivity index (χ2v) is 16.0. The molecular weight excluding hydrogens is 753 g/mol. The van der Waals surface area contributed by atoms with Crippen LogP contribution in [-0.2, 0) is 5.41 Å². The van der Waals surface area contributed by atoms with E-state index in [0.29, 0.717) is 5.82 Å². The lowest BCUT2D eigenvalue weighted by molar-refractivity contribution is 0.669. The molecule has 2 aromatic heterocycles. The van der Waals surface area contributed by atoms with Crippen LogP contribution >= 0.6 is 0 Å². The average molecular weight is 791 g/mol. The highest BCUT2D eigenvalue weighted by molar-refractivity contribution is 6.06. The van der Waals surface area contributed by atoms with Gasteiger partial charge in [0, 0.05) is 27.5 Å². The Kier molecular flexibility index (Phi) is 8.39. The predicted octanol–water partition coefficient (Wildman–Crippen LogP) is 15.1. The van der Waals surface area contributed by atoms with Crippen LogP contribution in [0.25, 0.3) is 89.2 Å². The quantitative estimate of drug-likeness (QED) is 0.161. The molecule has 12 rings (SSSR count). The van der Waals surface area contributed by atoms with Crippen LogP contribution in [-0.4, -0.2) is 9.97 Å². The Labute approximate surface area is 360 Å². The summed E-state index contributed by atoms with van der Waals surface area (Å²) in [6.07, 6.45) is 0. The van der Waals surface area contributed by atoms with E-state index in [0.717, 1.165) is 66.7 Å². The van der Waals surface area contributed by atoms with E-state index in [-0.39, 0.29) is 0 Å². The van der Waals surface area contributed by atoms with E-state index in [1.54, 1.807) is 0 Å².